The highest BCUT2D eigenvalue weighted by molar-refractivity contribution is 7.90. The van der Waals surface area contributed by atoms with Crippen LogP contribution in [0.3, 0.4) is 0 Å². The van der Waals surface area contributed by atoms with Crippen molar-refractivity contribution in [3.8, 4) is 0 Å². The average Bonchev–Trinajstić information content (AvgIpc) is 3.12. The van der Waals surface area contributed by atoms with Gasteiger partial charge in [-0.25, -0.2) is 8.42 Å². The summed E-state index contributed by atoms with van der Waals surface area (Å²) in [5.74, 6) is 0.563. The summed E-state index contributed by atoms with van der Waals surface area (Å²) >= 11 is 0. The smallest absolute Gasteiger partial charge is 0.238 e. The Hall–Kier alpha value is -1.40. The van der Waals surface area contributed by atoms with Crippen LogP contribution in [0.15, 0.2) is 29.2 Å². The number of carbonyl (C=O) groups is 1. The van der Waals surface area contributed by atoms with Crippen LogP contribution in [-0.2, 0) is 14.6 Å². The predicted octanol–water partition coefficient (Wildman–Crippen LogP) is 1.03. The molecule has 19 heavy (non-hydrogen) atoms. The van der Waals surface area contributed by atoms with Crippen molar-refractivity contribution in [2.75, 3.05) is 24.7 Å². The van der Waals surface area contributed by atoms with E-state index < -0.39 is 9.84 Å². The van der Waals surface area contributed by atoms with Gasteiger partial charge in [-0.1, -0.05) is 6.07 Å². The Balaban J connectivity index is 1.88. The first-order chi connectivity index (χ1) is 8.95. The monoisotopic (exact) mass is 282 g/mol. The molecule has 104 valence electrons. The van der Waals surface area contributed by atoms with Crippen LogP contribution in [0.25, 0.3) is 0 Å². The lowest BCUT2D eigenvalue weighted by molar-refractivity contribution is -0.115. The van der Waals surface area contributed by atoms with Crippen molar-refractivity contribution < 1.29 is 13.2 Å². The molecule has 0 aromatic heterocycles. The summed E-state index contributed by atoms with van der Waals surface area (Å²) in [5, 5.41) is 5.76. The fraction of sp³-hybridized carbons (Fsp3) is 0.462. The number of nitrogens with one attached hydrogen (secondary N) is 2. The molecule has 0 atom stereocenters. The molecule has 1 aromatic carbocycles. The zero-order valence-electron chi connectivity index (χ0n) is 10.8. The van der Waals surface area contributed by atoms with Crippen LogP contribution in [0, 0.1) is 5.92 Å². The summed E-state index contributed by atoms with van der Waals surface area (Å²) in [4.78, 5) is 11.9. The zero-order chi connectivity index (χ0) is 13.9. The summed E-state index contributed by atoms with van der Waals surface area (Å²) in [6.07, 6.45) is 3.63. The van der Waals surface area contributed by atoms with Crippen LogP contribution < -0.4 is 10.6 Å². The topological polar surface area (TPSA) is 75.3 Å². The number of carbonyl (C=O) groups excluding carboxylic acids is 1. The van der Waals surface area contributed by atoms with Crippen molar-refractivity contribution in [3.63, 3.8) is 0 Å². The summed E-state index contributed by atoms with van der Waals surface area (Å²) in [6.45, 7) is 1.12. The maximum atomic E-state index is 11.7. The highest BCUT2D eigenvalue weighted by Gasteiger charge is 2.20. The van der Waals surface area contributed by atoms with Crippen molar-refractivity contribution in [1.82, 2.24) is 5.32 Å². The quantitative estimate of drug-likeness (QED) is 0.817. The minimum atomic E-state index is -3.25. The molecule has 0 spiro atoms. The lowest BCUT2D eigenvalue weighted by Gasteiger charge is -2.07. The van der Waals surface area contributed by atoms with Gasteiger partial charge in [0.25, 0.3) is 0 Å². The molecule has 1 saturated carbocycles. The second-order valence-corrected chi connectivity index (χ2v) is 6.94. The minimum Gasteiger partial charge on any atom is -0.325 e. The molecule has 1 amide bonds. The Morgan fingerprint density at radius 1 is 1.37 bits per heavy atom. The number of hydrogen-bond acceptors (Lipinski definition) is 4. The van der Waals surface area contributed by atoms with E-state index in [1.807, 2.05) is 0 Å². The van der Waals surface area contributed by atoms with E-state index in [0.29, 0.717) is 5.69 Å². The van der Waals surface area contributed by atoms with Gasteiger partial charge >= 0.3 is 0 Å². The van der Waals surface area contributed by atoms with Gasteiger partial charge in [0.15, 0.2) is 9.84 Å². The fourth-order valence-electron chi connectivity index (χ4n) is 1.72. The number of sulfone groups is 1. The number of hydrogen-bond donors (Lipinski definition) is 2. The highest BCUT2D eigenvalue weighted by Crippen LogP contribution is 2.27. The molecule has 1 aromatic rings. The molecule has 2 N–H and O–H groups in total. The first-order valence-electron chi connectivity index (χ1n) is 6.26. The van der Waals surface area contributed by atoms with Crippen molar-refractivity contribution in [1.29, 1.82) is 0 Å². The van der Waals surface area contributed by atoms with Gasteiger partial charge in [-0.15, -0.1) is 0 Å². The number of amides is 1. The van der Waals surface area contributed by atoms with Crippen LogP contribution in [0.2, 0.25) is 0 Å². The summed E-state index contributed by atoms with van der Waals surface area (Å²) in [6, 6.07) is 6.27. The van der Waals surface area contributed by atoms with Gasteiger partial charge in [0.1, 0.15) is 0 Å². The van der Waals surface area contributed by atoms with Gasteiger partial charge in [0.05, 0.1) is 11.4 Å². The normalized spacial score (nSPS) is 15.2. The van der Waals surface area contributed by atoms with Crippen LogP contribution >= 0.6 is 0 Å². The van der Waals surface area contributed by atoms with Crippen LogP contribution in [0.5, 0.6) is 0 Å². The number of anilines is 1. The Labute approximate surface area is 113 Å². The lowest BCUT2D eigenvalue weighted by atomic mass is 10.3. The third-order valence-corrected chi connectivity index (χ3v) is 4.07. The molecule has 0 radical (unpaired) electrons. The molecule has 2 rings (SSSR count). The van der Waals surface area contributed by atoms with Gasteiger partial charge in [-0.3, -0.25) is 4.79 Å². The molecule has 0 heterocycles. The van der Waals surface area contributed by atoms with Gasteiger partial charge in [0, 0.05) is 11.9 Å². The van der Waals surface area contributed by atoms with Crippen molar-refractivity contribution in [2.45, 2.75) is 17.7 Å². The molecule has 0 aliphatic heterocycles. The van der Waals surface area contributed by atoms with Crippen molar-refractivity contribution >= 4 is 21.4 Å². The maximum Gasteiger partial charge on any atom is 0.238 e. The van der Waals surface area contributed by atoms with Crippen LogP contribution in [-0.4, -0.2) is 33.7 Å². The third-order valence-electron chi connectivity index (χ3n) is 2.96. The van der Waals surface area contributed by atoms with E-state index in [4.69, 9.17) is 0 Å². The molecule has 1 aliphatic rings. The first kappa shape index (κ1) is 14.0. The molecule has 1 aliphatic carbocycles. The number of benzene rings is 1. The van der Waals surface area contributed by atoms with Crippen LogP contribution in [0.1, 0.15) is 12.8 Å². The van der Waals surface area contributed by atoms with Crippen LogP contribution in [0.4, 0.5) is 5.69 Å². The molecule has 0 saturated heterocycles. The van der Waals surface area contributed by atoms with Gasteiger partial charge in [-0.05, 0) is 43.5 Å². The third kappa shape index (κ3) is 4.65. The van der Waals surface area contributed by atoms with E-state index in [2.05, 4.69) is 10.6 Å². The Bertz CT molecular complexity index is 565. The van der Waals surface area contributed by atoms with Crippen molar-refractivity contribution in [3.05, 3.63) is 24.3 Å². The zero-order valence-corrected chi connectivity index (χ0v) is 11.7. The van der Waals surface area contributed by atoms with Gasteiger partial charge in [-0.2, -0.15) is 0 Å². The summed E-state index contributed by atoms with van der Waals surface area (Å²) in [5.41, 5.74) is 0.501. The van der Waals surface area contributed by atoms with E-state index in [0.717, 1.165) is 18.7 Å². The minimum absolute atomic E-state index is 0.161. The second-order valence-electron chi connectivity index (χ2n) is 4.92. The Morgan fingerprint density at radius 2 is 2.11 bits per heavy atom. The summed E-state index contributed by atoms with van der Waals surface area (Å²) in [7, 11) is -3.25. The highest BCUT2D eigenvalue weighted by atomic mass is 32.2. The van der Waals surface area contributed by atoms with E-state index in [9.17, 15) is 13.2 Å². The largest absolute Gasteiger partial charge is 0.325 e. The van der Waals surface area contributed by atoms with Gasteiger partial charge < -0.3 is 10.6 Å². The fourth-order valence-corrected chi connectivity index (χ4v) is 2.39. The van der Waals surface area contributed by atoms with E-state index >= 15 is 0 Å². The van der Waals surface area contributed by atoms with Crippen molar-refractivity contribution in [2.24, 2.45) is 5.92 Å². The average molecular weight is 282 g/mol. The molecular weight excluding hydrogens is 264 g/mol. The first-order valence-corrected chi connectivity index (χ1v) is 8.15. The standard InChI is InChI=1S/C13H18N2O3S/c1-19(17,18)12-4-2-3-11(7-12)15-13(16)9-14-8-10-5-6-10/h2-4,7,10,14H,5-6,8-9H2,1H3,(H,15,16). The van der Waals surface area contributed by atoms with E-state index in [1.165, 1.54) is 25.0 Å². The van der Waals surface area contributed by atoms with Gasteiger partial charge in [0.2, 0.25) is 5.91 Å². The second kappa shape index (κ2) is 5.71. The number of rotatable bonds is 6. The SMILES string of the molecule is CS(=O)(=O)c1cccc(NC(=O)CNCC2CC2)c1. The van der Waals surface area contributed by atoms with E-state index in [-0.39, 0.29) is 17.3 Å². The molecule has 0 unspecified atom stereocenters. The molecule has 5 nitrogen and oxygen atoms in total. The predicted molar refractivity (Wildman–Crippen MR) is 73.8 cm³/mol. The molecule has 1 fully saturated rings. The Kier molecular flexibility index (Phi) is 4.21. The summed E-state index contributed by atoms with van der Waals surface area (Å²) < 4.78 is 22.8. The van der Waals surface area contributed by atoms with E-state index in [1.54, 1.807) is 12.1 Å². The molecular formula is C13H18N2O3S. The lowest BCUT2D eigenvalue weighted by Crippen LogP contribution is -2.29. The molecule has 6 heteroatoms. The molecule has 0 bridgehead atoms. The Morgan fingerprint density at radius 3 is 2.74 bits per heavy atom. The maximum absolute atomic E-state index is 11.7.